The van der Waals surface area contributed by atoms with Crippen molar-refractivity contribution in [2.45, 2.75) is 19.3 Å². The summed E-state index contributed by atoms with van der Waals surface area (Å²) in [5, 5.41) is 2.39. The van der Waals surface area contributed by atoms with Crippen LogP contribution in [0.5, 0.6) is 23.0 Å². The molecule has 11 rings (SSSR count). The fourth-order valence-corrected chi connectivity index (χ4v) is 8.64. The van der Waals surface area contributed by atoms with E-state index in [2.05, 4.69) is 157 Å². The smallest absolute Gasteiger partial charge is 0.151 e. The Morgan fingerprint density at radius 2 is 0.800 bits per heavy atom. The summed E-state index contributed by atoms with van der Waals surface area (Å²) >= 11 is 0. The number of fused-ring (bicyclic) bond motifs is 8. The maximum absolute atomic E-state index is 6.30. The van der Waals surface area contributed by atoms with E-state index in [0.717, 1.165) is 57.1 Å². The van der Waals surface area contributed by atoms with E-state index in [0.29, 0.717) is 0 Å². The number of hydrogen-bond acceptors (Lipinski definition) is 4. The van der Waals surface area contributed by atoms with Crippen LogP contribution in [0.1, 0.15) is 36.1 Å². The standard InChI is InChI=1S/C51H36N2O2/c1-51(2)41-30-34(22-27-39(41)40-28-26-38(32-42(40)51)53-45-13-5-9-17-49(45)55-50-18-10-6-14-46(50)53)20-19-33-21-23-36-31-37(25-24-35(36)29-33)52-43-11-3-7-15-47(43)54-48-16-8-4-12-44(48)52/h3-32H,1-2H3/b20-19+. The molecule has 8 aromatic carbocycles. The monoisotopic (exact) mass is 708 g/mol. The van der Waals surface area contributed by atoms with Crippen LogP contribution >= 0.6 is 0 Å². The third-order valence-corrected chi connectivity index (χ3v) is 11.4. The molecule has 0 unspecified atom stereocenters. The number of para-hydroxylation sites is 8. The Bertz CT molecular complexity index is 2800. The highest BCUT2D eigenvalue weighted by Crippen LogP contribution is 2.55. The molecule has 55 heavy (non-hydrogen) atoms. The van der Waals surface area contributed by atoms with E-state index in [1.165, 1.54) is 44.2 Å². The summed E-state index contributed by atoms with van der Waals surface area (Å²) in [7, 11) is 0. The number of hydrogen-bond donors (Lipinski definition) is 0. The number of ether oxygens (including phenoxy) is 2. The third kappa shape index (κ3) is 4.99. The molecule has 1 aliphatic carbocycles. The largest absolute Gasteiger partial charge is 0.453 e. The second-order valence-electron chi connectivity index (χ2n) is 15.0. The van der Waals surface area contributed by atoms with E-state index in [1.54, 1.807) is 0 Å². The fraction of sp³-hybridized carbons (Fsp3) is 0.0588. The molecular weight excluding hydrogens is 673 g/mol. The fourth-order valence-electron chi connectivity index (χ4n) is 8.64. The lowest BCUT2D eigenvalue weighted by Crippen LogP contribution is -2.18. The normalized spacial score (nSPS) is 14.3. The zero-order valence-corrected chi connectivity index (χ0v) is 30.5. The molecule has 0 saturated heterocycles. The van der Waals surface area contributed by atoms with E-state index in [4.69, 9.17) is 9.47 Å². The van der Waals surface area contributed by atoms with E-state index < -0.39 is 0 Å². The summed E-state index contributed by atoms with van der Waals surface area (Å²) in [6.07, 6.45) is 4.47. The zero-order valence-electron chi connectivity index (χ0n) is 30.5. The minimum Gasteiger partial charge on any atom is -0.453 e. The van der Waals surface area contributed by atoms with Crippen LogP contribution in [0.3, 0.4) is 0 Å². The molecule has 0 saturated carbocycles. The lowest BCUT2D eigenvalue weighted by molar-refractivity contribution is 0.476. The number of rotatable bonds is 4. The third-order valence-electron chi connectivity index (χ3n) is 11.4. The number of anilines is 6. The van der Waals surface area contributed by atoms with Crippen molar-refractivity contribution < 1.29 is 9.47 Å². The van der Waals surface area contributed by atoms with Crippen molar-refractivity contribution in [1.29, 1.82) is 0 Å². The molecule has 0 N–H and O–H groups in total. The molecule has 0 fully saturated rings. The van der Waals surface area contributed by atoms with Crippen molar-refractivity contribution in [2.24, 2.45) is 0 Å². The van der Waals surface area contributed by atoms with Gasteiger partial charge in [-0.2, -0.15) is 0 Å². The molecule has 0 spiro atoms. The summed E-state index contributed by atoms with van der Waals surface area (Å²) in [5.41, 5.74) is 13.9. The van der Waals surface area contributed by atoms with Gasteiger partial charge >= 0.3 is 0 Å². The predicted molar refractivity (Wildman–Crippen MR) is 226 cm³/mol. The Morgan fingerprint density at radius 3 is 1.36 bits per heavy atom. The van der Waals surface area contributed by atoms with Crippen molar-refractivity contribution in [3.05, 3.63) is 192 Å². The molecule has 2 aliphatic heterocycles. The first-order valence-corrected chi connectivity index (χ1v) is 18.8. The van der Waals surface area contributed by atoms with Gasteiger partial charge in [0.15, 0.2) is 23.0 Å². The SMILES string of the molecule is CC1(C)c2cc(/C=C/c3ccc4cc(N5c6ccccc6Oc6ccccc65)ccc4c3)ccc2-c2ccc(N3c4ccccc4Oc4ccccc43)cc21. The van der Waals surface area contributed by atoms with Crippen LogP contribution in [0.4, 0.5) is 34.1 Å². The van der Waals surface area contributed by atoms with Crippen LogP contribution in [0.15, 0.2) is 170 Å². The Labute approximate surface area is 320 Å². The van der Waals surface area contributed by atoms with Gasteiger partial charge in [-0.1, -0.05) is 117 Å². The summed E-state index contributed by atoms with van der Waals surface area (Å²) in [6, 6.07) is 60.2. The minimum absolute atomic E-state index is 0.169. The van der Waals surface area contributed by atoms with Gasteiger partial charge in [0.2, 0.25) is 0 Å². The summed E-state index contributed by atoms with van der Waals surface area (Å²) in [6.45, 7) is 4.70. The molecule has 0 amide bonds. The van der Waals surface area contributed by atoms with Crippen molar-refractivity contribution in [3.63, 3.8) is 0 Å². The van der Waals surface area contributed by atoms with Gasteiger partial charge in [-0.15, -0.1) is 0 Å². The number of nitrogens with zero attached hydrogens (tertiary/aromatic N) is 2. The molecular formula is C51H36N2O2. The molecule has 8 aromatic rings. The minimum atomic E-state index is -0.169. The highest BCUT2D eigenvalue weighted by molar-refractivity contribution is 5.94. The van der Waals surface area contributed by atoms with Crippen molar-refractivity contribution in [3.8, 4) is 34.1 Å². The zero-order chi connectivity index (χ0) is 36.7. The van der Waals surface area contributed by atoms with Crippen LogP contribution in [0.2, 0.25) is 0 Å². The van der Waals surface area contributed by atoms with Gasteiger partial charge in [-0.25, -0.2) is 0 Å². The predicted octanol–water partition coefficient (Wildman–Crippen LogP) is 14.5. The summed E-state index contributed by atoms with van der Waals surface area (Å²) in [4.78, 5) is 4.61. The maximum atomic E-state index is 6.30. The van der Waals surface area contributed by atoms with Gasteiger partial charge in [0.1, 0.15) is 0 Å². The Balaban J connectivity index is 0.889. The first-order chi connectivity index (χ1) is 27.0. The molecule has 0 aromatic heterocycles. The quantitative estimate of drug-likeness (QED) is 0.170. The number of benzene rings is 8. The van der Waals surface area contributed by atoms with E-state index in [1.807, 2.05) is 48.5 Å². The highest BCUT2D eigenvalue weighted by atomic mass is 16.5. The second-order valence-corrected chi connectivity index (χ2v) is 15.0. The molecule has 0 atom stereocenters. The molecule has 0 bridgehead atoms. The van der Waals surface area contributed by atoms with Crippen molar-refractivity contribution >= 4 is 57.0 Å². The second kappa shape index (κ2) is 12.0. The molecule has 3 aliphatic rings. The van der Waals surface area contributed by atoms with Crippen molar-refractivity contribution in [1.82, 2.24) is 0 Å². The van der Waals surface area contributed by atoms with Crippen molar-refractivity contribution in [2.75, 3.05) is 9.80 Å². The van der Waals surface area contributed by atoms with Gasteiger partial charge in [-0.3, -0.25) is 0 Å². The van der Waals surface area contributed by atoms with E-state index in [-0.39, 0.29) is 5.41 Å². The van der Waals surface area contributed by atoms with Crippen LogP contribution in [0, 0.1) is 0 Å². The Kier molecular flexibility index (Phi) is 6.86. The van der Waals surface area contributed by atoms with Gasteiger partial charge in [0.05, 0.1) is 22.7 Å². The van der Waals surface area contributed by atoms with Gasteiger partial charge in [0, 0.05) is 16.8 Å². The summed E-state index contributed by atoms with van der Waals surface area (Å²) < 4.78 is 12.5. The lowest BCUT2D eigenvalue weighted by Gasteiger charge is -2.33. The molecule has 0 radical (unpaired) electrons. The maximum Gasteiger partial charge on any atom is 0.151 e. The molecule has 4 nitrogen and oxygen atoms in total. The first-order valence-electron chi connectivity index (χ1n) is 18.8. The van der Waals surface area contributed by atoms with Crippen LogP contribution in [-0.2, 0) is 5.41 Å². The molecule has 4 heteroatoms. The van der Waals surface area contributed by atoms with Gasteiger partial charge in [-0.05, 0) is 123 Å². The van der Waals surface area contributed by atoms with E-state index >= 15 is 0 Å². The highest BCUT2D eigenvalue weighted by Gasteiger charge is 2.37. The van der Waals surface area contributed by atoms with Crippen LogP contribution in [-0.4, -0.2) is 0 Å². The lowest BCUT2D eigenvalue weighted by atomic mass is 9.81. The first kappa shape index (κ1) is 31.5. The average molecular weight is 709 g/mol. The Morgan fingerprint density at radius 1 is 0.400 bits per heavy atom. The molecule has 2 heterocycles. The topological polar surface area (TPSA) is 24.9 Å². The van der Waals surface area contributed by atoms with Crippen LogP contribution in [0.25, 0.3) is 34.1 Å². The van der Waals surface area contributed by atoms with E-state index in [9.17, 15) is 0 Å². The summed E-state index contributed by atoms with van der Waals surface area (Å²) in [5.74, 6) is 3.44. The van der Waals surface area contributed by atoms with Gasteiger partial charge in [0.25, 0.3) is 0 Å². The van der Waals surface area contributed by atoms with Crippen LogP contribution < -0.4 is 19.3 Å². The average Bonchev–Trinajstić information content (AvgIpc) is 3.45. The molecule has 262 valence electrons. The van der Waals surface area contributed by atoms with Gasteiger partial charge < -0.3 is 19.3 Å². The Hall–Kier alpha value is -7.04.